The molecule has 0 aromatic heterocycles. The molecule has 4 rings (SSSR count). The molecule has 0 unspecified atom stereocenters. The molecule has 0 aromatic carbocycles. The number of rotatable bonds is 0. The molecule has 4 nitrogen and oxygen atoms in total. The standard InChI is InChI=1S/C10H14O4/c1-6-2-3-7-8-4-10(13-7,14-8)5-9(11)12-6/h6-8H,2-5H2,1H3/t6-,7-,8-,10-/m1/s1. The van der Waals surface area contributed by atoms with E-state index >= 15 is 0 Å². The first kappa shape index (κ1) is 8.68. The van der Waals surface area contributed by atoms with Crippen molar-refractivity contribution >= 4 is 5.97 Å². The molecule has 14 heavy (non-hydrogen) atoms. The van der Waals surface area contributed by atoms with E-state index in [4.69, 9.17) is 14.2 Å². The number of ether oxygens (including phenoxy) is 3. The zero-order valence-corrected chi connectivity index (χ0v) is 8.19. The fraction of sp³-hybridized carbons (Fsp3) is 0.900. The molecule has 4 atom stereocenters. The summed E-state index contributed by atoms with van der Waals surface area (Å²) >= 11 is 0. The minimum atomic E-state index is -0.615. The minimum Gasteiger partial charge on any atom is -0.463 e. The van der Waals surface area contributed by atoms with E-state index in [0.29, 0.717) is 0 Å². The van der Waals surface area contributed by atoms with Crippen molar-refractivity contribution in [1.82, 2.24) is 0 Å². The van der Waals surface area contributed by atoms with Gasteiger partial charge in [0.1, 0.15) is 0 Å². The highest BCUT2D eigenvalue weighted by molar-refractivity contribution is 5.71. The van der Waals surface area contributed by atoms with Crippen LogP contribution in [0.2, 0.25) is 0 Å². The number of cyclic esters (lactones) is 1. The Morgan fingerprint density at radius 3 is 2.79 bits per heavy atom. The van der Waals surface area contributed by atoms with E-state index in [1.54, 1.807) is 0 Å². The lowest BCUT2D eigenvalue weighted by molar-refractivity contribution is -0.247. The fourth-order valence-corrected chi connectivity index (χ4v) is 2.55. The lowest BCUT2D eigenvalue weighted by Crippen LogP contribution is -2.45. The van der Waals surface area contributed by atoms with Crippen molar-refractivity contribution in [3.8, 4) is 0 Å². The quantitative estimate of drug-likeness (QED) is 0.544. The molecule has 4 heteroatoms. The monoisotopic (exact) mass is 198 g/mol. The van der Waals surface area contributed by atoms with Gasteiger partial charge >= 0.3 is 5.97 Å². The van der Waals surface area contributed by atoms with Crippen LogP contribution in [0.4, 0.5) is 0 Å². The average molecular weight is 198 g/mol. The fourth-order valence-electron chi connectivity index (χ4n) is 2.55. The van der Waals surface area contributed by atoms with Crippen molar-refractivity contribution in [2.24, 2.45) is 0 Å². The molecule has 4 aliphatic rings. The predicted octanol–water partition coefficient (Wildman–Crippen LogP) is 0.986. The molecular weight excluding hydrogens is 184 g/mol. The van der Waals surface area contributed by atoms with Gasteiger partial charge in [-0.1, -0.05) is 0 Å². The lowest BCUT2D eigenvalue weighted by atomic mass is 9.96. The molecule has 0 amide bonds. The highest BCUT2D eigenvalue weighted by Gasteiger charge is 2.60. The third-order valence-electron chi connectivity index (χ3n) is 3.26. The van der Waals surface area contributed by atoms with Crippen LogP contribution in [-0.4, -0.2) is 30.1 Å². The molecule has 0 aliphatic carbocycles. The summed E-state index contributed by atoms with van der Waals surface area (Å²) in [5.74, 6) is -0.810. The summed E-state index contributed by atoms with van der Waals surface area (Å²) in [5.41, 5.74) is 0. The van der Waals surface area contributed by atoms with Crippen LogP contribution in [0.5, 0.6) is 0 Å². The average Bonchev–Trinajstić information content (AvgIpc) is 2.54. The van der Waals surface area contributed by atoms with Crippen LogP contribution in [0.25, 0.3) is 0 Å². The van der Waals surface area contributed by atoms with Crippen LogP contribution < -0.4 is 0 Å². The smallest absolute Gasteiger partial charge is 0.311 e. The maximum Gasteiger partial charge on any atom is 0.311 e. The summed E-state index contributed by atoms with van der Waals surface area (Å²) in [4.78, 5) is 11.4. The maximum absolute atomic E-state index is 11.4. The normalized spacial score (nSPS) is 51.2. The van der Waals surface area contributed by atoms with Crippen LogP contribution >= 0.6 is 0 Å². The van der Waals surface area contributed by atoms with Crippen LogP contribution in [0, 0.1) is 0 Å². The second-order valence-electron chi connectivity index (χ2n) is 4.48. The van der Waals surface area contributed by atoms with Gasteiger partial charge in [-0.3, -0.25) is 4.79 Å². The number of carbonyl (C=O) groups is 1. The molecule has 4 saturated heterocycles. The van der Waals surface area contributed by atoms with Gasteiger partial charge in [0, 0.05) is 6.42 Å². The van der Waals surface area contributed by atoms with E-state index in [1.165, 1.54) is 0 Å². The first-order chi connectivity index (χ1) is 6.67. The first-order valence-electron chi connectivity index (χ1n) is 5.22. The number of hydrogen-bond acceptors (Lipinski definition) is 4. The summed E-state index contributed by atoms with van der Waals surface area (Å²) in [7, 11) is 0. The molecule has 4 heterocycles. The van der Waals surface area contributed by atoms with Crippen molar-refractivity contribution < 1.29 is 19.0 Å². The van der Waals surface area contributed by atoms with Crippen molar-refractivity contribution in [2.45, 2.75) is 56.7 Å². The summed E-state index contributed by atoms with van der Waals surface area (Å²) < 4.78 is 16.5. The zero-order chi connectivity index (χ0) is 9.76. The van der Waals surface area contributed by atoms with Crippen LogP contribution in [0.1, 0.15) is 32.6 Å². The van der Waals surface area contributed by atoms with Crippen molar-refractivity contribution in [3.05, 3.63) is 0 Å². The van der Waals surface area contributed by atoms with Gasteiger partial charge in [-0.15, -0.1) is 0 Å². The third kappa shape index (κ3) is 1.17. The maximum atomic E-state index is 11.4. The van der Waals surface area contributed by atoms with Crippen LogP contribution in [0.15, 0.2) is 0 Å². The van der Waals surface area contributed by atoms with E-state index in [2.05, 4.69) is 0 Å². The van der Waals surface area contributed by atoms with Gasteiger partial charge < -0.3 is 14.2 Å². The molecule has 0 saturated carbocycles. The summed E-state index contributed by atoms with van der Waals surface area (Å²) in [6.07, 6.45) is 3.35. The van der Waals surface area contributed by atoms with Gasteiger partial charge in [-0.25, -0.2) is 0 Å². The largest absolute Gasteiger partial charge is 0.463 e. The SMILES string of the molecule is C[C@@H]1CC[C@H]2O[C@]3(CC(=O)O1)C[C@H]2O3. The number of carbonyl (C=O) groups excluding carboxylic acids is 1. The Balaban J connectivity index is 1.80. The summed E-state index contributed by atoms with van der Waals surface area (Å²) in [6, 6.07) is 0. The zero-order valence-electron chi connectivity index (χ0n) is 8.19. The minimum absolute atomic E-state index is 0.0150. The van der Waals surface area contributed by atoms with Crippen LogP contribution in [0.3, 0.4) is 0 Å². The van der Waals surface area contributed by atoms with Gasteiger partial charge in [0.25, 0.3) is 0 Å². The molecule has 3 bridgehead atoms. The first-order valence-corrected chi connectivity index (χ1v) is 5.22. The predicted molar refractivity (Wildman–Crippen MR) is 46.5 cm³/mol. The Morgan fingerprint density at radius 1 is 1.29 bits per heavy atom. The molecule has 4 aliphatic heterocycles. The van der Waals surface area contributed by atoms with Gasteiger partial charge in [-0.2, -0.15) is 0 Å². The lowest BCUT2D eigenvalue weighted by Gasteiger charge is -2.35. The molecule has 0 N–H and O–H groups in total. The topological polar surface area (TPSA) is 44.8 Å². The summed E-state index contributed by atoms with van der Waals surface area (Å²) in [5, 5.41) is 0. The van der Waals surface area contributed by atoms with E-state index in [1.807, 2.05) is 6.92 Å². The van der Waals surface area contributed by atoms with Gasteiger partial charge in [0.15, 0.2) is 5.79 Å². The molecule has 0 aromatic rings. The van der Waals surface area contributed by atoms with Crippen LogP contribution in [-0.2, 0) is 19.0 Å². The van der Waals surface area contributed by atoms with Crippen molar-refractivity contribution in [3.63, 3.8) is 0 Å². The Bertz CT molecular complexity index is 269. The highest BCUT2D eigenvalue weighted by Crippen LogP contribution is 2.49. The number of esters is 1. The van der Waals surface area contributed by atoms with E-state index in [-0.39, 0.29) is 30.7 Å². The Labute approximate surface area is 82.5 Å². The summed E-state index contributed by atoms with van der Waals surface area (Å²) in [6.45, 7) is 1.93. The second kappa shape index (κ2) is 2.70. The van der Waals surface area contributed by atoms with Gasteiger partial charge in [0.2, 0.25) is 0 Å². The molecule has 1 spiro atoms. The van der Waals surface area contributed by atoms with Gasteiger partial charge in [-0.05, 0) is 19.8 Å². The molecule has 0 radical (unpaired) electrons. The van der Waals surface area contributed by atoms with E-state index < -0.39 is 5.79 Å². The Hall–Kier alpha value is -0.610. The third-order valence-corrected chi connectivity index (χ3v) is 3.26. The molecule has 4 fully saturated rings. The molecular formula is C10H14O4. The molecule has 78 valence electrons. The van der Waals surface area contributed by atoms with Crippen molar-refractivity contribution in [2.75, 3.05) is 0 Å². The number of hydrogen-bond donors (Lipinski definition) is 0. The van der Waals surface area contributed by atoms with Crippen molar-refractivity contribution in [1.29, 1.82) is 0 Å². The Kier molecular flexibility index (Phi) is 1.67. The van der Waals surface area contributed by atoms with Gasteiger partial charge in [0.05, 0.1) is 24.7 Å². The van der Waals surface area contributed by atoms with E-state index in [9.17, 15) is 4.79 Å². The highest BCUT2D eigenvalue weighted by atomic mass is 16.8. The van der Waals surface area contributed by atoms with E-state index in [0.717, 1.165) is 19.3 Å². The second-order valence-corrected chi connectivity index (χ2v) is 4.48. The Morgan fingerprint density at radius 2 is 2.00 bits per heavy atom.